The Morgan fingerprint density at radius 1 is 1.27 bits per heavy atom. The first-order valence-corrected chi connectivity index (χ1v) is 6.99. The zero-order chi connectivity index (χ0) is 11.1. The van der Waals surface area contributed by atoms with Gasteiger partial charge in [-0.3, -0.25) is 0 Å². The van der Waals surface area contributed by atoms with Gasteiger partial charge in [0.25, 0.3) is 0 Å². The molecule has 0 amide bonds. The minimum absolute atomic E-state index is 0.793. The van der Waals surface area contributed by atoms with E-state index in [1.54, 1.807) is 0 Å². The van der Waals surface area contributed by atoms with E-state index in [1.807, 2.05) is 0 Å². The fourth-order valence-corrected chi connectivity index (χ4v) is 2.78. The topological polar surface area (TPSA) is 12.0 Å². The van der Waals surface area contributed by atoms with Gasteiger partial charge in [0, 0.05) is 6.04 Å². The maximum Gasteiger partial charge on any atom is 0.00721 e. The predicted octanol–water partition coefficient (Wildman–Crippen LogP) is 3.98. The van der Waals surface area contributed by atoms with Crippen LogP contribution in [0.2, 0.25) is 0 Å². The van der Waals surface area contributed by atoms with Crippen LogP contribution < -0.4 is 5.32 Å². The molecule has 1 saturated carbocycles. The summed E-state index contributed by atoms with van der Waals surface area (Å²) in [6.07, 6.45) is 10.0. The Kier molecular flexibility index (Phi) is 6.31. The van der Waals surface area contributed by atoms with Crippen molar-refractivity contribution < 1.29 is 0 Å². The molecule has 90 valence electrons. The van der Waals surface area contributed by atoms with Crippen LogP contribution in [0.15, 0.2) is 0 Å². The van der Waals surface area contributed by atoms with Gasteiger partial charge in [-0.25, -0.2) is 0 Å². The van der Waals surface area contributed by atoms with E-state index in [0.717, 1.165) is 24.4 Å². The van der Waals surface area contributed by atoms with E-state index in [1.165, 1.54) is 44.9 Å². The summed E-state index contributed by atoms with van der Waals surface area (Å²) in [5.74, 6) is 1.95. The molecule has 0 spiro atoms. The van der Waals surface area contributed by atoms with Crippen LogP contribution in [0.1, 0.15) is 65.7 Å². The molecule has 1 aliphatic carbocycles. The summed E-state index contributed by atoms with van der Waals surface area (Å²) in [7, 11) is 0. The normalized spacial score (nSPS) is 21.0. The molecule has 1 heteroatoms. The van der Waals surface area contributed by atoms with Gasteiger partial charge >= 0.3 is 0 Å². The maximum atomic E-state index is 3.67. The van der Waals surface area contributed by atoms with E-state index < -0.39 is 0 Å². The monoisotopic (exact) mass is 211 g/mol. The Hall–Kier alpha value is -0.0400. The van der Waals surface area contributed by atoms with Crippen molar-refractivity contribution >= 4 is 0 Å². The van der Waals surface area contributed by atoms with Gasteiger partial charge < -0.3 is 5.32 Å². The summed E-state index contributed by atoms with van der Waals surface area (Å²) in [6, 6.07) is 0.793. The molecule has 15 heavy (non-hydrogen) atoms. The molecule has 0 aromatic heterocycles. The smallest absolute Gasteiger partial charge is 0.00721 e. The molecular weight excluding hydrogens is 182 g/mol. The van der Waals surface area contributed by atoms with Crippen molar-refractivity contribution in [3.63, 3.8) is 0 Å². The molecule has 0 aromatic carbocycles. The number of hydrogen-bond donors (Lipinski definition) is 1. The van der Waals surface area contributed by atoms with Gasteiger partial charge in [-0.1, -0.05) is 52.9 Å². The van der Waals surface area contributed by atoms with Crippen LogP contribution in [-0.2, 0) is 0 Å². The van der Waals surface area contributed by atoms with Gasteiger partial charge in [-0.15, -0.1) is 0 Å². The lowest BCUT2D eigenvalue weighted by Gasteiger charge is -2.31. The first-order chi connectivity index (χ1) is 7.26. The van der Waals surface area contributed by atoms with E-state index >= 15 is 0 Å². The molecule has 1 rings (SSSR count). The standard InChI is InChI=1S/C14H29N/c1-4-7-12(3)10-14(15-5-2)11-13-8-6-9-13/h12-15H,4-11H2,1-3H3. The van der Waals surface area contributed by atoms with Crippen LogP contribution in [0.25, 0.3) is 0 Å². The van der Waals surface area contributed by atoms with Crippen LogP contribution in [0.5, 0.6) is 0 Å². The molecule has 0 heterocycles. The third kappa shape index (κ3) is 5.01. The van der Waals surface area contributed by atoms with E-state index in [2.05, 4.69) is 26.1 Å². The van der Waals surface area contributed by atoms with E-state index in [-0.39, 0.29) is 0 Å². The summed E-state index contributed by atoms with van der Waals surface area (Å²) in [5, 5.41) is 3.67. The molecule has 1 aliphatic rings. The average Bonchev–Trinajstić information content (AvgIpc) is 2.12. The fraction of sp³-hybridized carbons (Fsp3) is 1.00. The van der Waals surface area contributed by atoms with Crippen LogP contribution >= 0.6 is 0 Å². The third-order valence-electron chi connectivity index (χ3n) is 3.80. The summed E-state index contributed by atoms with van der Waals surface area (Å²) in [4.78, 5) is 0. The second-order valence-electron chi connectivity index (χ2n) is 5.42. The Balaban J connectivity index is 2.21. The predicted molar refractivity (Wildman–Crippen MR) is 68.1 cm³/mol. The van der Waals surface area contributed by atoms with Crippen LogP contribution in [0.3, 0.4) is 0 Å². The minimum Gasteiger partial charge on any atom is -0.314 e. The van der Waals surface area contributed by atoms with Gasteiger partial charge in [-0.2, -0.15) is 0 Å². The zero-order valence-electron chi connectivity index (χ0n) is 10.9. The Morgan fingerprint density at radius 3 is 2.47 bits per heavy atom. The van der Waals surface area contributed by atoms with Gasteiger partial charge in [-0.05, 0) is 31.2 Å². The Bertz CT molecular complexity index is 151. The molecule has 0 radical (unpaired) electrons. The maximum absolute atomic E-state index is 3.67. The molecule has 1 fully saturated rings. The van der Waals surface area contributed by atoms with Crippen molar-refractivity contribution in [2.45, 2.75) is 71.8 Å². The minimum atomic E-state index is 0.793. The van der Waals surface area contributed by atoms with E-state index in [0.29, 0.717) is 0 Å². The third-order valence-corrected chi connectivity index (χ3v) is 3.80. The van der Waals surface area contributed by atoms with Crippen LogP contribution in [0, 0.1) is 11.8 Å². The summed E-state index contributed by atoms with van der Waals surface area (Å²) in [6.45, 7) is 8.08. The molecule has 1 N–H and O–H groups in total. The van der Waals surface area contributed by atoms with Crippen LogP contribution in [0.4, 0.5) is 0 Å². The first-order valence-electron chi connectivity index (χ1n) is 6.99. The lowest BCUT2D eigenvalue weighted by molar-refractivity contribution is 0.241. The van der Waals surface area contributed by atoms with Gasteiger partial charge in [0.05, 0.1) is 0 Å². The lowest BCUT2D eigenvalue weighted by atomic mass is 9.79. The molecule has 0 aromatic rings. The molecular formula is C14H29N. The quantitative estimate of drug-likeness (QED) is 0.640. The second-order valence-corrected chi connectivity index (χ2v) is 5.42. The highest BCUT2D eigenvalue weighted by Gasteiger charge is 2.22. The van der Waals surface area contributed by atoms with Crippen molar-refractivity contribution in [2.75, 3.05) is 6.54 Å². The van der Waals surface area contributed by atoms with Crippen molar-refractivity contribution in [2.24, 2.45) is 11.8 Å². The largest absolute Gasteiger partial charge is 0.314 e. The van der Waals surface area contributed by atoms with Crippen molar-refractivity contribution in [3.8, 4) is 0 Å². The molecule has 1 nitrogen and oxygen atoms in total. The molecule has 0 aliphatic heterocycles. The number of rotatable bonds is 8. The molecule has 0 bridgehead atoms. The number of nitrogens with one attached hydrogen (secondary N) is 1. The molecule has 2 unspecified atom stereocenters. The molecule has 0 saturated heterocycles. The summed E-state index contributed by atoms with van der Waals surface area (Å²) >= 11 is 0. The van der Waals surface area contributed by atoms with Crippen molar-refractivity contribution in [3.05, 3.63) is 0 Å². The van der Waals surface area contributed by atoms with Gasteiger partial charge in [0.2, 0.25) is 0 Å². The van der Waals surface area contributed by atoms with Gasteiger partial charge in [0.1, 0.15) is 0 Å². The highest BCUT2D eigenvalue weighted by molar-refractivity contribution is 4.78. The number of hydrogen-bond acceptors (Lipinski definition) is 1. The van der Waals surface area contributed by atoms with E-state index in [4.69, 9.17) is 0 Å². The van der Waals surface area contributed by atoms with Crippen molar-refractivity contribution in [1.29, 1.82) is 0 Å². The first kappa shape index (κ1) is 13.0. The second kappa shape index (κ2) is 7.27. The average molecular weight is 211 g/mol. The highest BCUT2D eigenvalue weighted by atomic mass is 14.9. The SMILES string of the molecule is CCCC(C)CC(CC1CCC1)NCC. The highest BCUT2D eigenvalue weighted by Crippen LogP contribution is 2.31. The Labute approximate surface area is 96.0 Å². The summed E-state index contributed by atoms with van der Waals surface area (Å²) < 4.78 is 0. The lowest BCUT2D eigenvalue weighted by Crippen LogP contribution is -2.34. The van der Waals surface area contributed by atoms with Gasteiger partial charge in [0.15, 0.2) is 0 Å². The Morgan fingerprint density at radius 2 is 2.00 bits per heavy atom. The van der Waals surface area contributed by atoms with Crippen molar-refractivity contribution in [1.82, 2.24) is 5.32 Å². The fourth-order valence-electron chi connectivity index (χ4n) is 2.78. The summed E-state index contributed by atoms with van der Waals surface area (Å²) in [5.41, 5.74) is 0. The van der Waals surface area contributed by atoms with E-state index in [9.17, 15) is 0 Å². The molecule has 2 atom stereocenters. The van der Waals surface area contributed by atoms with Crippen LogP contribution in [-0.4, -0.2) is 12.6 Å². The zero-order valence-corrected chi connectivity index (χ0v) is 10.9.